The highest BCUT2D eigenvalue weighted by molar-refractivity contribution is 9.10. The van der Waals surface area contributed by atoms with Crippen LogP contribution < -0.4 is 9.47 Å². The van der Waals surface area contributed by atoms with Gasteiger partial charge in [-0.05, 0) is 48.4 Å². The summed E-state index contributed by atoms with van der Waals surface area (Å²) >= 11 is 3.36. The molecule has 1 aromatic heterocycles. The van der Waals surface area contributed by atoms with Crippen LogP contribution in [-0.2, 0) is 13.0 Å². The Hall–Kier alpha value is -3.11. The van der Waals surface area contributed by atoms with Crippen molar-refractivity contribution >= 4 is 21.7 Å². The van der Waals surface area contributed by atoms with Crippen molar-refractivity contribution in [3.8, 4) is 28.8 Å². The van der Waals surface area contributed by atoms with Crippen molar-refractivity contribution in [1.29, 1.82) is 5.26 Å². The van der Waals surface area contributed by atoms with Crippen LogP contribution in [-0.4, -0.2) is 29.8 Å². The molecule has 4 rings (SSSR count). The maximum Gasteiger partial charge on any atom is 0.214 e. The fourth-order valence-corrected chi connectivity index (χ4v) is 3.74. The smallest absolute Gasteiger partial charge is 0.214 e. The summed E-state index contributed by atoms with van der Waals surface area (Å²) in [4.78, 5) is 13.0. The van der Waals surface area contributed by atoms with Crippen LogP contribution >= 0.6 is 15.9 Å². The Morgan fingerprint density at radius 2 is 1.86 bits per heavy atom. The number of carbonyl (C=O) groups is 1. The third kappa shape index (κ3) is 2.86. The van der Waals surface area contributed by atoms with E-state index in [-0.39, 0.29) is 17.0 Å². The average molecular weight is 438 g/mol. The molecule has 0 unspecified atom stereocenters. The summed E-state index contributed by atoms with van der Waals surface area (Å²) < 4.78 is 13.4. The number of aromatic nitrogens is 2. The van der Waals surface area contributed by atoms with Gasteiger partial charge in [0.2, 0.25) is 5.78 Å². The first kappa shape index (κ1) is 18.3. The van der Waals surface area contributed by atoms with Crippen LogP contribution in [0.5, 0.6) is 11.5 Å². The zero-order valence-electron chi connectivity index (χ0n) is 15.3. The van der Waals surface area contributed by atoms with E-state index in [1.165, 1.54) is 0 Å². The van der Waals surface area contributed by atoms with Gasteiger partial charge in [0.1, 0.15) is 11.6 Å². The predicted molar refractivity (Wildman–Crippen MR) is 107 cm³/mol. The van der Waals surface area contributed by atoms with Gasteiger partial charge in [-0.15, -0.1) is 0 Å². The number of nitrogens with zero attached hydrogens (tertiary/aromatic N) is 3. The molecule has 6 nitrogen and oxygen atoms in total. The Morgan fingerprint density at radius 3 is 2.50 bits per heavy atom. The lowest BCUT2D eigenvalue weighted by Crippen LogP contribution is -2.13. The van der Waals surface area contributed by atoms with Gasteiger partial charge in [-0.2, -0.15) is 10.4 Å². The first-order valence-electron chi connectivity index (χ1n) is 8.63. The Bertz CT molecular complexity index is 1130. The quantitative estimate of drug-likeness (QED) is 0.576. The Balaban J connectivity index is 1.88. The van der Waals surface area contributed by atoms with Crippen LogP contribution in [0.4, 0.5) is 0 Å². The van der Waals surface area contributed by atoms with Crippen LogP contribution in [0.15, 0.2) is 40.9 Å². The Kier molecular flexibility index (Phi) is 4.65. The number of hydrogen-bond donors (Lipinski definition) is 0. The minimum Gasteiger partial charge on any atom is -0.493 e. The number of methoxy groups -OCH3 is 2. The van der Waals surface area contributed by atoms with Gasteiger partial charge in [0.05, 0.1) is 19.9 Å². The molecule has 0 saturated carbocycles. The van der Waals surface area contributed by atoms with Crippen LogP contribution in [0.2, 0.25) is 0 Å². The molecular formula is C21H16BrN3O3. The number of nitriles is 1. The van der Waals surface area contributed by atoms with Crippen molar-refractivity contribution in [2.45, 2.75) is 13.0 Å². The van der Waals surface area contributed by atoms with Gasteiger partial charge in [0.15, 0.2) is 17.2 Å². The maximum atomic E-state index is 13.0. The van der Waals surface area contributed by atoms with E-state index in [4.69, 9.17) is 9.47 Å². The zero-order chi connectivity index (χ0) is 19.8. The van der Waals surface area contributed by atoms with E-state index >= 15 is 0 Å². The zero-order valence-corrected chi connectivity index (χ0v) is 16.9. The number of ketones is 1. The molecule has 3 aromatic rings. The van der Waals surface area contributed by atoms with Gasteiger partial charge in [-0.25, -0.2) is 0 Å². The summed E-state index contributed by atoms with van der Waals surface area (Å²) in [7, 11) is 3.16. The maximum absolute atomic E-state index is 13.0. The summed E-state index contributed by atoms with van der Waals surface area (Å²) in [6.45, 7) is 0.583. The number of aryl methyl sites for hydroxylation is 2. The lowest BCUT2D eigenvalue weighted by atomic mass is 9.94. The number of carbonyl (C=O) groups excluding carboxylic acids is 1. The third-order valence-corrected chi connectivity index (χ3v) is 5.37. The van der Waals surface area contributed by atoms with Gasteiger partial charge < -0.3 is 9.47 Å². The molecule has 0 amide bonds. The summed E-state index contributed by atoms with van der Waals surface area (Å²) in [5, 5.41) is 14.3. The first-order chi connectivity index (χ1) is 13.6. The second-order valence-corrected chi connectivity index (χ2v) is 7.27. The molecule has 0 atom stereocenters. The molecule has 1 aliphatic rings. The fraction of sp³-hybridized carbons (Fsp3) is 0.190. The Labute approximate surface area is 170 Å². The lowest BCUT2D eigenvalue weighted by molar-refractivity contribution is 0.103. The summed E-state index contributed by atoms with van der Waals surface area (Å²) in [5.41, 5.74) is 3.45. The summed E-state index contributed by atoms with van der Waals surface area (Å²) in [6.07, 6.45) is 0.723. The van der Waals surface area contributed by atoms with Gasteiger partial charge in [0.25, 0.3) is 0 Å². The molecule has 0 aliphatic carbocycles. The first-order valence-corrected chi connectivity index (χ1v) is 9.43. The van der Waals surface area contributed by atoms with Crippen molar-refractivity contribution < 1.29 is 14.3 Å². The van der Waals surface area contributed by atoms with E-state index in [1.807, 2.05) is 12.1 Å². The van der Waals surface area contributed by atoms with Crippen molar-refractivity contribution in [3.05, 3.63) is 63.3 Å². The number of ether oxygens (including phenoxy) is 2. The highest BCUT2D eigenvalue weighted by Crippen LogP contribution is 2.40. The predicted octanol–water partition coefficient (Wildman–Crippen LogP) is 3.99. The molecule has 0 fully saturated rings. The molecule has 2 aromatic carbocycles. The largest absolute Gasteiger partial charge is 0.493 e. The molecule has 28 heavy (non-hydrogen) atoms. The van der Waals surface area contributed by atoms with Crippen molar-refractivity contribution in [2.75, 3.05) is 14.2 Å². The second-order valence-electron chi connectivity index (χ2n) is 6.36. The number of rotatable bonds is 4. The van der Waals surface area contributed by atoms with Crippen LogP contribution in [0.3, 0.4) is 0 Å². The van der Waals surface area contributed by atoms with Crippen molar-refractivity contribution in [2.24, 2.45) is 0 Å². The molecule has 0 radical (unpaired) electrons. The molecule has 140 valence electrons. The number of fused-ring (bicyclic) bond motifs is 3. The van der Waals surface area contributed by atoms with E-state index in [0.717, 1.165) is 22.0 Å². The van der Waals surface area contributed by atoms with Crippen LogP contribution in [0.1, 0.15) is 27.2 Å². The highest BCUT2D eigenvalue weighted by atomic mass is 79.9. The normalized spacial score (nSPS) is 11.9. The van der Waals surface area contributed by atoms with Gasteiger partial charge in [-0.3, -0.25) is 9.48 Å². The highest BCUT2D eigenvalue weighted by Gasteiger charge is 2.29. The number of benzene rings is 2. The minimum absolute atomic E-state index is 0.169. The standard InChI is InChI=1S/C21H16BrN3O3/c1-27-17-9-13-7-8-25-20(15(13)10-18(17)28-2)16(11-23)19(24-25)21(26)12-3-5-14(22)6-4-12/h3-6,9-10H,7-8H2,1-2H3. The topological polar surface area (TPSA) is 77.1 Å². The molecular weight excluding hydrogens is 422 g/mol. The monoisotopic (exact) mass is 437 g/mol. The van der Waals surface area contributed by atoms with E-state index in [9.17, 15) is 10.1 Å². The molecule has 2 heterocycles. The van der Waals surface area contributed by atoms with Gasteiger partial charge in [0, 0.05) is 22.1 Å². The number of hydrogen-bond acceptors (Lipinski definition) is 5. The molecule has 0 N–H and O–H groups in total. The van der Waals surface area contributed by atoms with Crippen LogP contribution in [0, 0.1) is 11.3 Å². The van der Waals surface area contributed by atoms with E-state index in [1.54, 1.807) is 43.2 Å². The van der Waals surface area contributed by atoms with Gasteiger partial charge >= 0.3 is 0 Å². The number of halogens is 1. The summed E-state index contributed by atoms with van der Waals surface area (Å²) in [5.74, 6) is 0.937. The minimum atomic E-state index is -0.270. The Morgan fingerprint density at radius 1 is 1.18 bits per heavy atom. The molecule has 0 saturated heterocycles. The third-order valence-electron chi connectivity index (χ3n) is 4.84. The molecule has 0 bridgehead atoms. The van der Waals surface area contributed by atoms with Crippen LogP contribution in [0.25, 0.3) is 11.3 Å². The van der Waals surface area contributed by atoms with Gasteiger partial charge in [-0.1, -0.05) is 15.9 Å². The fourth-order valence-electron chi connectivity index (χ4n) is 3.47. The van der Waals surface area contributed by atoms with Crippen molar-refractivity contribution in [3.63, 3.8) is 0 Å². The second kappa shape index (κ2) is 7.13. The lowest BCUT2D eigenvalue weighted by Gasteiger charge is -2.20. The average Bonchev–Trinajstić information content (AvgIpc) is 3.11. The van der Waals surface area contributed by atoms with E-state index in [2.05, 4.69) is 27.1 Å². The molecule has 1 aliphatic heterocycles. The van der Waals surface area contributed by atoms with E-state index < -0.39 is 0 Å². The molecule has 7 heteroatoms. The molecule has 0 spiro atoms. The summed E-state index contributed by atoms with van der Waals surface area (Å²) in [6, 6.07) is 13.0. The van der Waals surface area contributed by atoms with Crippen molar-refractivity contribution in [1.82, 2.24) is 9.78 Å². The SMILES string of the molecule is COc1cc2c(cc1OC)-c1c(C#N)c(C(=O)c3ccc(Br)cc3)nn1CC2. The van der Waals surface area contributed by atoms with E-state index in [0.29, 0.717) is 29.3 Å².